The fraction of sp³-hybridized carbons (Fsp3) is 0.385. The van der Waals surface area contributed by atoms with Crippen molar-refractivity contribution in [1.29, 1.82) is 0 Å². The summed E-state index contributed by atoms with van der Waals surface area (Å²) in [6.07, 6.45) is 0. The number of hydrogen-bond acceptors (Lipinski definition) is 4. The standard InChI is InChI=1S/C13H15N3O2S/c1-7(13(14)19)5-16-8(2)15-9-3-11-12(4-10(9)16)18-6-17-11/h3-4,7H,5-6H2,1-2H3,(H2,14,19). The number of hydrogen-bond donors (Lipinski definition) is 1. The van der Waals surface area contributed by atoms with E-state index >= 15 is 0 Å². The Labute approximate surface area is 116 Å². The van der Waals surface area contributed by atoms with Crippen LogP contribution < -0.4 is 15.2 Å². The number of nitrogens with zero attached hydrogens (tertiary/aromatic N) is 2. The summed E-state index contributed by atoms with van der Waals surface area (Å²) in [6, 6.07) is 3.87. The molecule has 100 valence electrons. The van der Waals surface area contributed by atoms with E-state index in [1.54, 1.807) is 0 Å². The van der Waals surface area contributed by atoms with E-state index in [1.165, 1.54) is 0 Å². The van der Waals surface area contributed by atoms with Gasteiger partial charge in [0.25, 0.3) is 0 Å². The van der Waals surface area contributed by atoms with Gasteiger partial charge in [-0.3, -0.25) is 0 Å². The Balaban J connectivity index is 2.08. The van der Waals surface area contributed by atoms with Gasteiger partial charge in [0.2, 0.25) is 6.79 Å². The van der Waals surface area contributed by atoms with E-state index in [9.17, 15) is 0 Å². The quantitative estimate of drug-likeness (QED) is 0.869. The molecule has 1 aliphatic rings. The summed E-state index contributed by atoms with van der Waals surface area (Å²) >= 11 is 5.04. The number of ether oxygens (including phenoxy) is 2. The van der Waals surface area contributed by atoms with Crippen LogP contribution in [0.2, 0.25) is 0 Å². The Bertz CT molecular complexity index is 665. The van der Waals surface area contributed by atoms with Crippen molar-refractivity contribution < 1.29 is 9.47 Å². The van der Waals surface area contributed by atoms with Crippen molar-refractivity contribution in [3.8, 4) is 11.5 Å². The second-order valence-corrected chi connectivity index (χ2v) is 5.24. The van der Waals surface area contributed by atoms with Crippen molar-refractivity contribution in [3.05, 3.63) is 18.0 Å². The lowest BCUT2D eigenvalue weighted by Crippen LogP contribution is -2.23. The molecule has 0 radical (unpaired) electrons. The molecule has 1 aromatic carbocycles. The number of thiocarbonyl (C=S) groups is 1. The molecular formula is C13H15N3O2S. The van der Waals surface area contributed by atoms with E-state index in [-0.39, 0.29) is 12.7 Å². The summed E-state index contributed by atoms with van der Waals surface area (Å²) in [6.45, 7) is 4.97. The molecule has 0 aliphatic carbocycles. The molecule has 0 fully saturated rings. The molecule has 2 N–H and O–H groups in total. The highest BCUT2D eigenvalue weighted by Gasteiger charge is 2.19. The zero-order valence-electron chi connectivity index (χ0n) is 10.8. The van der Waals surface area contributed by atoms with Gasteiger partial charge in [-0.2, -0.15) is 0 Å². The maximum atomic E-state index is 5.69. The number of aryl methyl sites for hydroxylation is 1. The topological polar surface area (TPSA) is 62.3 Å². The third-order valence-corrected chi connectivity index (χ3v) is 3.78. The Hall–Kier alpha value is -1.82. The number of imidazole rings is 1. The Morgan fingerprint density at radius 1 is 1.47 bits per heavy atom. The zero-order valence-corrected chi connectivity index (χ0v) is 11.7. The molecule has 1 atom stereocenters. The van der Waals surface area contributed by atoms with Gasteiger partial charge >= 0.3 is 0 Å². The van der Waals surface area contributed by atoms with Crippen LogP contribution in [-0.2, 0) is 6.54 Å². The lowest BCUT2D eigenvalue weighted by Gasteiger charge is -2.13. The monoisotopic (exact) mass is 277 g/mol. The molecule has 1 unspecified atom stereocenters. The SMILES string of the molecule is Cc1nc2cc3c(cc2n1CC(C)C(N)=S)OCO3. The first-order chi connectivity index (χ1) is 9.06. The predicted molar refractivity (Wildman–Crippen MR) is 76.5 cm³/mol. The van der Waals surface area contributed by atoms with Gasteiger partial charge in [-0.15, -0.1) is 0 Å². The van der Waals surface area contributed by atoms with Crippen LogP contribution in [0.1, 0.15) is 12.7 Å². The molecule has 0 bridgehead atoms. The van der Waals surface area contributed by atoms with Crippen molar-refractivity contribution in [2.75, 3.05) is 6.79 Å². The molecule has 1 aromatic heterocycles. The van der Waals surface area contributed by atoms with Crippen LogP contribution >= 0.6 is 12.2 Å². The molecule has 0 saturated carbocycles. The first kappa shape index (κ1) is 12.2. The van der Waals surface area contributed by atoms with Crippen LogP contribution in [0.3, 0.4) is 0 Å². The van der Waals surface area contributed by atoms with Gasteiger partial charge in [-0.1, -0.05) is 19.1 Å². The summed E-state index contributed by atoms with van der Waals surface area (Å²) in [5, 5.41) is 0. The van der Waals surface area contributed by atoms with Gasteiger partial charge in [-0.05, 0) is 6.92 Å². The molecule has 3 rings (SSSR count). The Morgan fingerprint density at radius 2 is 2.16 bits per heavy atom. The minimum atomic E-state index is 0.122. The van der Waals surface area contributed by atoms with E-state index in [1.807, 2.05) is 26.0 Å². The van der Waals surface area contributed by atoms with Gasteiger partial charge < -0.3 is 19.8 Å². The first-order valence-corrected chi connectivity index (χ1v) is 6.53. The van der Waals surface area contributed by atoms with E-state index in [0.717, 1.165) is 34.9 Å². The van der Waals surface area contributed by atoms with Crippen LogP contribution in [0, 0.1) is 12.8 Å². The highest BCUT2D eigenvalue weighted by Crippen LogP contribution is 2.36. The van der Waals surface area contributed by atoms with Gasteiger partial charge in [0.05, 0.1) is 16.0 Å². The molecule has 5 nitrogen and oxygen atoms in total. The van der Waals surface area contributed by atoms with Gasteiger partial charge in [0.15, 0.2) is 11.5 Å². The van der Waals surface area contributed by atoms with Gasteiger partial charge in [0, 0.05) is 24.6 Å². The fourth-order valence-corrected chi connectivity index (χ4v) is 2.30. The molecule has 0 saturated heterocycles. The molecule has 2 heterocycles. The first-order valence-electron chi connectivity index (χ1n) is 6.12. The number of nitrogens with two attached hydrogens (primary N) is 1. The van der Waals surface area contributed by atoms with Gasteiger partial charge in [-0.25, -0.2) is 4.98 Å². The highest BCUT2D eigenvalue weighted by molar-refractivity contribution is 7.80. The average molecular weight is 277 g/mol. The van der Waals surface area contributed by atoms with Crippen LogP contribution in [0.4, 0.5) is 0 Å². The molecule has 2 aromatic rings. The maximum absolute atomic E-state index is 5.69. The van der Waals surface area contributed by atoms with Crippen LogP contribution in [0.15, 0.2) is 12.1 Å². The molecule has 0 spiro atoms. The van der Waals surface area contributed by atoms with Crippen molar-refractivity contribution in [2.45, 2.75) is 20.4 Å². The van der Waals surface area contributed by atoms with Gasteiger partial charge in [0.1, 0.15) is 5.82 Å². The third-order valence-electron chi connectivity index (χ3n) is 3.38. The lowest BCUT2D eigenvalue weighted by atomic mass is 10.2. The Morgan fingerprint density at radius 3 is 2.84 bits per heavy atom. The summed E-state index contributed by atoms with van der Waals surface area (Å²) < 4.78 is 12.9. The van der Waals surface area contributed by atoms with Crippen molar-refractivity contribution in [3.63, 3.8) is 0 Å². The van der Waals surface area contributed by atoms with Crippen LogP contribution in [-0.4, -0.2) is 21.3 Å². The summed E-state index contributed by atoms with van der Waals surface area (Å²) in [5.41, 5.74) is 7.61. The van der Waals surface area contributed by atoms with Crippen molar-refractivity contribution in [2.24, 2.45) is 11.7 Å². The van der Waals surface area contributed by atoms with E-state index in [4.69, 9.17) is 27.4 Å². The fourth-order valence-electron chi connectivity index (χ4n) is 2.23. The molecule has 19 heavy (non-hydrogen) atoms. The average Bonchev–Trinajstić information content (AvgIpc) is 2.91. The minimum absolute atomic E-state index is 0.122. The third kappa shape index (κ3) is 2.02. The molecule has 6 heteroatoms. The maximum Gasteiger partial charge on any atom is 0.231 e. The number of aromatic nitrogens is 2. The highest BCUT2D eigenvalue weighted by atomic mass is 32.1. The van der Waals surface area contributed by atoms with E-state index < -0.39 is 0 Å². The smallest absolute Gasteiger partial charge is 0.231 e. The van der Waals surface area contributed by atoms with Crippen molar-refractivity contribution in [1.82, 2.24) is 9.55 Å². The molecule has 0 amide bonds. The number of rotatable bonds is 3. The largest absolute Gasteiger partial charge is 0.454 e. The molecule has 1 aliphatic heterocycles. The molecular weight excluding hydrogens is 262 g/mol. The van der Waals surface area contributed by atoms with Crippen molar-refractivity contribution >= 4 is 28.2 Å². The van der Waals surface area contributed by atoms with Crippen LogP contribution in [0.25, 0.3) is 11.0 Å². The normalized spacial score (nSPS) is 14.8. The predicted octanol–water partition coefficient (Wildman–Crippen LogP) is 2.00. The Kier molecular flexibility index (Phi) is 2.82. The zero-order chi connectivity index (χ0) is 13.6. The summed E-state index contributed by atoms with van der Waals surface area (Å²) in [4.78, 5) is 5.06. The number of benzene rings is 1. The minimum Gasteiger partial charge on any atom is -0.454 e. The summed E-state index contributed by atoms with van der Waals surface area (Å²) in [7, 11) is 0. The summed E-state index contributed by atoms with van der Waals surface area (Å²) in [5.74, 6) is 2.56. The second-order valence-electron chi connectivity index (χ2n) is 4.77. The lowest BCUT2D eigenvalue weighted by molar-refractivity contribution is 0.174. The number of fused-ring (bicyclic) bond motifs is 2. The second kappa shape index (κ2) is 4.38. The van der Waals surface area contributed by atoms with E-state index in [0.29, 0.717) is 4.99 Å². The van der Waals surface area contributed by atoms with E-state index in [2.05, 4.69) is 9.55 Å². The van der Waals surface area contributed by atoms with Crippen LogP contribution in [0.5, 0.6) is 11.5 Å².